The summed E-state index contributed by atoms with van der Waals surface area (Å²) in [4.78, 5) is 24.1. The van der Waals surface area contributed by atoms with Crippen molar-refractivity contribution in [3.8, 4) is 10.6 Å². The summed E-state index contributed by atoms with van der Waals surface area (Å²) in [6, 6.07) is 6.28. The first-order valence-electron chi connectivity index (χ1n) is 9.60. The van der Waals surface area contributed by atoms with Crippen molar-refractivity contribution in [1.82, 2.24) is 14.9 Å². The molecule has 146 valence electrons. The number of carbonyl (C=O) groups excluding carboxylic acids is 1. The van der Waals surface area contributed by atoms with Crippen LogP contribution in [0.4, 0.5) is 5.13 Å². The molecule has 1 aliphatic heterocycles. The van der Waals surface area contributed by atoms with Gasteiger partial charge in [0.2, 0.25) is 0 Å². The number of anilines is 1. The van der Waals surface area contributed by atoms with Crippen molar-refractivity contribution in [2.75, 3.05) is 18.4 Å². The Labute approximate surface area is 173 Å². The maximum atomic E-state index is 12.6. The molecule has 7 heteroatoms. The zero-order valence-electron chi connectivity index (χ0n) is 16.2. The van der Waals surface area contributed by atoms with Crippen LogP contribution in [0.25, 0.3) is 10.6 Å². The standard InChI is InChI=1S/C21H24N4OS2/c1-14-6-7-17(15(2)10-14)20-23-18(13-27-20)19(26)24-21-22-16(12-28-21)11-25-8-4-3-5-9-25/h6-7,10,12-13H,3-5,8-9,11H2,1-2H3,(H,22,24,26). The van der Waals surface area contributed by atoms with Crippen LogP contribution in [-0.4, -0.2) is 33.9 Å². The van der Waals surface area contributed by atoms with Crippen molar-refractivity contribution in [3.05, 3.63) is 51.5 Å². The fraction of sp³-hybridized carbons (Fsp3) is 0.381. The normalized spacial score (nSPS) is 14.9. The maximum Gasteiger partial charge on any atom is 0.276 e. The average Bonchev–Trinajstić information content (AvgIpc) is 3.32. The minimum absolute atomic E-state index is 0.203. The van der Waals surface area contributed by atoms with Gasteiger partial charge in [-0.3, -0.25) is 15.0 Å². The number of piperidine rings is 1. The number of aromatic nitrogens is 2. The first-order chi connectivity index (χ1) is 13.6. The van der Waals surface area contributed by atoms with Gasteiger partial charge in [-0.1, -0.05) is 30.2 Å². The Morgan fingerprint density at radius 1 is 1.11 bits per heavy atom. The fourth-order valence-corrected chi connectivity index (χ4v) is 5.09. The van der Waals surface area contributed by atoms with Crippen molar-refractivity contribution in [2.24, 2.45) is 0 Å². The van der Waals surface area contributed by atoms with Gasteiger partial charge in [0, 0.05) is 22.9 Å². The van der Waals surface area contributed by atoms with Gasteiger partial charge in [0.1, 0.15) is 10.7 Å². The van der Waals surface area contributed by atoms with E-state index in [-0.39, 0.29) is 5.91 Å². The van der Waals surface area contributed by atoms with Crippen LogP contribution in [-0.2, 0) is 6.54 Å². The lowest BCUT2D eigenvalue weighted by Crippen LogP contribution is -2.29. The largest absolute Gasteiger partial charge is 0.297 e. The quantitative estimate of drug-likeness (QED) is 0.632. The molecule has 1 saturated heterocycles. The molecule has 0 bridgehead atoms. The van der Waals surface area contributed by atoms with Crippen LogP contribution >= 0.6 is 22.7 Å². The van der Waals surface area contributed by atoms with Crippen LogP contribution in [0.5, 0.6) is 0 Å². The zero-order valence-corrected chi connectivity index (χ0v) is 17.8. The number of thiazole rings is 2. The van der Waals surface area contributed by atoms with E-state index >= 15 is 0 Å². The summed E-state index contributed by atoms with van der Waals surface area (Å²) >= 11 is 2.97. The van der Waals surface area contributed by atoms with Crippen molar-refractivity contribution in [1.29, 1.82) is 0 Å². The molecule has 0 spiro atoms. The van der Waals surface area contributed by atoms with E-state index < -0.39 is 0 Å². The van der Waals surface area contributed by atoms with Crippen molar-refractivity contribution < 1.29 is 4.79 Å². The summed E-state index contributed by atoms with van der Waals surface area (Å²) in [5, 5.41) is 8.25. The summed E-state index contributed by atoms with van der Waals surface area (Å²) in [5.74, 6) is -0.203. The predicted molar refractivity (Wildman–Crippen MR) is 116 cm³/mol. The van der Waals surface area contributed by atoms with Crippen molar-refractivity contribution in [3.63, 3.8) is 0 Å². The molecule has 1 amide bonds. The van der Waals surface area contributed by atoms with Crippen molar-refractivity contribution >= 4 is 33.7 Å². The summed E-state index contributed by atoms with van der Waals surface area (Å²) < 4.78 is 0. The molecule has 28 heavy (non-hydrogen) atoms. The molecule has 3 aromatic rings. The van der Waals surface area contributed by atoms with Gasteiger partial charge in [0.15, 0.2) is 5.13 Å². The van der Waals surface area contributed by atoms with Gasteiger partial charge in [0.05, 0.1) is 5.69 Å². The van der Waals surface area contributed by atoms with E-state index in [0.717, 1.165) is 35.9 Å². The van der Waals surface area contributed by atoms with Crippen LogP contribution in [0.2, 0.25) is 0 Å². The predicted octanol–water partition coefficient (Wildman–Crippen LogP) is 5.12. The number of hydrogen-bond donors (Lipinski definition) is 1. The van der Waals surface area contributed by atoms with E-state index in [0.29, 0.717) is 10.8 Å². The summed E-state index contributed by atoms with van der Waals surface area (Å²) in [7, 11) is 0. The third-order valence-electron chi connectivity index (χ3n) is 4.96. The van der Waals surface area contributed by atoms with Gasteiger partial charge in [-0.2, -0.15) is 0 Å². The van der Waals surface area contributed by atoms with Crippen LogP contribution < -0.4 is 5.32 Å². The summed E-state index contributed by atoms with van der Waals surface area (Å²) in [5.41, 5.74) is 4.93. The Morgan fingerprint density at radius 3 is 2.71 bits per heavy atom. The number of rotatable bonds is 5. The molecule has 5 nitrogen and oxygen atoms in total. The molecular formula is C21H24N4OS2. The second kappa shape index (κ2) is 8.51. The smallest absolute Gasteiger partial charge is 0.276 e. The average molecular weight is 413 g/mol. The Morgan fingerprint density at radius 2 is 1.93 bits per heavy atom. The molecule has 0 aliphatic carbocycles. The SMILES string of the molecule is Cc1ccc(-c2nc(C(=O)Nc3nc(CN4CCCCC4)cs3)cs2)c(C)c1. The van der Waals surface area contributed by atoms with E-state index in [2.05, 4.69) is 52.2 Å². The number of carbonyl (C=O) groups is 1. The highest BCUT2D eigenvalue weighted by Crippen LogP contribution is 2.28. The highest BCUT2D eigenvalue weighted by atomic mass is 32.1. The lowest BCUT2D eigenvalue weighted by atomic mass is 10.1. The van der Waals surface area contributed by atoms with Crippen LogP contribution in [0.15, 0.2) is 29.0 Å². The second-order valence-electron chi connectivity index (χ2n) is 7.29. The highest BCUT2D eigenvalue weighted by Gasteiger charge is 2.16. The summed E-state index contributed by atoms with van der Waals surface area (Å²) in [6.07, 6.45) is 3.85. The van der Waals surface area contributed by atoms with Gasteiger partial charge in [0.25, 0.3) is 5.91 Å². The van der Waals surface area contributed by atoms with Gasteiger partial charge in [-0.25, -0.2) is 9.97 Å². The number of amides is 1. The van der Waals surface area contributed by atoms with Crippen LogP contribution in [0.3, 0.4) is 0 Å². The third-order valence-corrected chi connectivity index (χ3v) is 6.64. The number of aryl methyl sites for hydroxylation is 2. The molecule has 2 aromatic heterocycles. The van der Waals surface area contributed by atoms with E-state index in [4.69, 9.17) is 0 Å². The fourth-order valence-electron chi connectivity index (χ4n) is 3.50. The first-order valence-corrected chi connectivity index (χ1v) is 11.4. The topological polar surface area (TPSA) is 58.1 Å². The van der Waals surface area contributed by atoms with Crippen LogP contribution in [0.1, 0.15) is 46.6 Å². The molecule has 3 heterocycles. The molecular weight excluding hydrogens is 388 g/mol. The minimum atomic E-state index is -0.203. The molecule has 1 fully saturated rings. The molecule has 0 saturated carbocycles. The Kier molecular flexibility index (Phi) is 5.85. The number of hydrogen-bond acceptors (Lipinski definition) is 6. The van der Waals surface area contributed by atoms with E-state index in [1.54, 1.807) is 0 Å². The molecule has 1 aliphatic rings. The van der Waals surface area contributed by atoms with Gasteiger partial charge < -0.3 is 0 Å². The highest BCUT2D eigenvalue weighted by molar-refractivity contribution is 7.14. The van der Waals surface area contributed by atoms with E-state index in [1.165, 1.54) is 53.1 Å². The Balaban J connectivity index is 1.41. The lowest BCUT2D eigenvalue weighted by Gasteiger charge is -2.25. The number of nitrogens with zero attached hydrogens (tertiary/aromatic N) is 3. The Hall–Kier alpha value is -2.09. The Bertz CT molecular complexity index is 972. The maximum absolute atomic E-state index is 12.6. The van der Waals surface area contributed by atoms with E-state index in [1.807, 2.05) is 10.8 Å². The van der Waals surface area contributed by atoms with Gasteiger partial charge in [-0.15, -0.1) is 22.7 Å². The molecule has 0 atom stereocenters. The lowest BCUT2D eigenvalue weighted by molar-refractivity contribution is 0.102. The third kappa shape index (κ3) is 4.48. The first kappa shape index (κ1) is 19.2. The number of benzene rings is 1. The molecule has 0 radical (unpaired) electrons. The minimum Gasteiger partial charge on any atom is -0.297 e. The molecule has 1 aromatic carbocycles. The number of nitrogens with one attached hydrogen (secondary N) is 1. The van der Waals surface area contributed by atoms with Crippen LogP contribution in [0, 0.1) is 13.8 Å². The monoisotopic (exact) mass is 412 g/mol. The van der Waals surface area contributed by atoms with Crippen molar-refractivity contribution in [2.45, 2.75) is 39.7 Å². The molecule has 4 rings (SSSR count). The van der Waals surface area contributed by atoms with Gasteiger partial charge >= 0.3 is 0 Å². The van der Waals surface area contributed by atoms with E-state index in [9.17, 15) is 4.79 Å². The zero-order chi connectivity index (χ0) is 19.5. The van der Waals surface area contributed by atoms with Gasteiger partial charge in [-0.05, 0) is 45.3 Å². The molecule has 1 N–H and O–H groups in total. The number of likely N-dealkylation sites (tertiary alicyclic amines) is 1. The second-order valence-corrected chi connectivity index (χ2v) is 9.01. The molecule has 0 unspecified atom stereocenters. The summed E-state index contributed by atoms with van der Waals surface area (Å²) in [6.45, 7) is 7.28.